The van der Waals surface area contributed by atoms with Gasteiger partial charge in [-0.3, -0.25) is 4.90 Å². The number of hydrogen-bond acceptors (Lipinski definition) is 3. The van der Waals surface area contributed by atoms with Gasteiger partial charge >= 0.3 is 0 Å². The topological polar surface area (TPSA) is 32.7 Å². The molecule has 2 aliphatic carbocycles. The maximum Gasteiger partial charge on any atom is 0.112 e. The molecule has 0 bridgehead atoms. The van der Waals surface area contributed by atoms with Gasteiger partial charge < -0.3 is 9.84 Å². The summed E-state index contributed by atoms with van der Waals surface area (Å²) in [5.41, 5.74) is 1.95. The number of ether oxygens (including phenoxy) is 1. The van der Waals surface area contributed by atoms with Gasteiger partial charge in [0.1, 0.15) is 5.60 Å². The van der Waals surface area contributed by atoms with E-state index in [-0.39, 0.29) is 6.04 Å². The number of nitrogens with zero attached hydrogens (tertiary/aromatic N) is 1. The fraction of sp³-hybridized carbons (Fsp3) is 0.647. The van der Waals surface area contributed by atoms with E-state index in [1.54, 1.807) is 0 Å². The highest BCUT2D eigenvalue weighted by Crippen LogP contribution is 2.57. The third kappa shape index (κ3) is 1.70. The lowest BCUT2D eigenvalue weighted by atomic mass is 9.60. The largest absolute Gasteiger partial charge is 0.383 e. The minimum absolute atomic E-state index is 0.272. The molecule has 1 aliphatic heterocycles. The molecule has 0 spiro atoms. The zero-order valence-corrected chi connectivity index (χ0v) is 11.9. The zero-order valence-electron chi connectivity index (χ0n) is 11.9. The van der Waals surface area contributed by atoms with Gasteiger partial charge in [0.15, 0.2) is 0 Å². The molecule has 3 atom stereocenters. The smallest absolute Gasteiger partial charge is 0.112 e. The average molecular weight is 273 g/mol. The van der Waals surface area contributed by atoms with E-state index in [1.165, 1.54) is 24.0 Å². The standard InChI is InChI=1S/C17H23NO2/c19-17-14-6-2-1-5-13(14)15(17)7-3-4-8-16(17)18-9-11-20-12-10-18/h1-2,5-6,15-16,19H,3-4,7-12H2/t15-,16+,17+/m0/s1. The van der Waals surface area contributed by atoms with Crippen molar-refractivity contribution in [3.63, 3.8) is 0 Å². The number of hydrogen-bond donors (Lipinski definition) is 1. The third-order valence-corrected chi connectivity index (χ3v) is 5.51. The highest BCUT2D eigenvalue weighted by molar-refractivity contribution is 5.49. The van der Waals surface area contributed by atoms with E-state index in [2.05, 4.69) is 29.2 Å². The van der Waals surface area contributed by atoms with Gasteiger partial charge in [-0.2, -0.15) is 0 Å². The molecule has 3 heteroatoms. The van der Waals surface area contributed by atoms with Gasteiger partial charge in [0, 0.05) is 25.0 Å². The first-order valence-corrected chi connectivity index (χ1v) is 7.95. The van der Waals surface area contributed by atoms with Crippen LogP contribution in [0.4, 0.5) is 0 Å². The Morgan fingerprint density at radius 1 is 1.10 bits per heavy atom. The van der Waals surface area contributed by atoms with E-state index in [9.17, 15) is 5.11 Å². The fourth-order valence-corrected chi connectivity index (χ4v) is 4.56. The maximum absolute atomic E-state index is 11.5. The molecule has 108 valence electrons. The lowest BCUT2D eigenvalue weighted by Crippen LogP contribution is -2.60. The van der Waals surface area contributed by atoms with Crippen molar-refractivity contribution in [1.29, 1.82) is 0 Å². The van der Waals surface area contributed by atoms with Crippen molar-refractivity contribution in [2.24, 2.45) is 0 Å². The van der Waals surface area contributed by atoms with Crippen molar-refractivity contribution in [2.75, 3.05) is 26.3 Å². The van der Waals surface area contributed by atoms with Gasteiger partial charge in [-0.1, -0.05) is 37.1 Å². The van der Waals surface area contributed by atoms with Crippen LogP contribution in [0.3, 0.4) is 0 Å². The molecule has 0 radical (unpaired) electrons. The Hall–Kier alpha value is -0.900. The summed E-state index contributed by atoms with van der Waals surface area (Å²) in [7, 11) is 0. The molecule has 0 unspecified atom stereocenters. The first-order valence-electron chi connectivity index (χ1n) is 7.95. The highest BCUT2D eigenvalue weighted by atomic mass is 16.5. The summed E-state index contributed by atoms with van der Waals surface area (Å²) in [6.07, 6.45) is 4.71. The lowest BCUT2D eigenvalue weighted by Gasteiger charge is -2.54. The van der Waals surface area contributed by atoms with Gasteiger partial charge in [0.2, 0.25) is 0 Å². The van der Waals surface area contributed by atoms with Crippen LogP contribution in [0.25, 0.3) is 0 Å². The predicted molar refractivity (Wildman–Crippen MR) is 77.7 cm³/mol. The van der Waals surface area contributed by atoms with Crippen molar-refractivity contribution in [3.8, 4) is 0 Å². The predicted octanol–water partition coefficient (Wildman–Crippen LogP) is 2.25. The van der Waals surface area contributed by atoms with Crippen LogP contribution in [0.1, 0.15) is 42.7 Å². The minimum atomic E-state index is -0.621. The third-order valence-electron chi connectivity index (χ3n) is 5.51. The summed E-state index contributed by atoms with van der Waals surface area (Å²) in [4.78, 5) is 2.47. The van der Waals surface area contributed by atoms with Crippen LogP contribution in [0.15, 0.2) is 24.3 Å². The van der Waals surface area contributed by atoms with Gasteiger partial charge in [-0.05, 0) is 24.0 Å². The zero-order chi connectivity index (χ0) is 13.6. The number of rotatable bonds is 1. The van der Waals surface area contributed by atoms with Crippen LogP contribution in [-0.2, 0) is 10.3 Å². The second-order valence-corrected chi connectivity index (χ2v) is 6.41. The molecule has 1 aromatic rings. The number of fused-ring (bicyclic) bond motifs is 4. The minimum Gasteiger partial charge on any atom is -0.383 e. The Morgan fingerprint density at radius 2 is 1.85 bits per heavy atom. The normalized spacial score (nSPS) is 37.5. The van der Waals surface area contributed by atoms with Crippen molar-refractivity contribution in [3.05, 3.63) is 35.4 Å². The molecule has 0 aromatic heterocycles. The van der Waals surface area contributed by atoms with Crippen LogP contribution < -0.4 is 0 Å². The van der Waals surface area contributed by atoms with Crippen LogP contribution in [0.5, 0.6) is 0 Å². The highest BCUT2D eigenvalue weighted by Gasteiger charge is 2.56. The fourth-order valence-electron chi connectivity index (χ4n) is 4.56. The lowest BCUT2D eigenvalue weighted by molar-refractivity contribution is -0.112. The summed E-state index contributed by atoms with van der Waals surface area (Å²) < 4.78 is 5.48. The van der Waals surface area contributed by atoms with Gasteiger partial charge in [0.25, 0.3) is 0 Å². The number of aliphatic hydroxyl groups is 1. The first kappa shape index (κ1) is 12.8. The van der Waals surface area contributed by atoms with E-state index < -0.39 is 5.60 Å². The summed E-state index contributed by atoms with van der Waals surface area (Å²) in [5.74, 6) is 0.342. The average Bonchev–Trinajstić information content (AvgIpc) is 2.65. The van der Waals surface area contributed by atoms with Crippen LogP contribution in [0.2, 0.25) is 0 Å². The van der Waals surface area contributed by atoms with Crippen molar-refractivity contribution >= 4 is 0 Å². The Balaban J connectivity index is 1.71. The van der Waals surface area contributed by atoms with E-state index in [1.807, 2.05) is 0 Å². The first-order chi connectivity index (χ1) is 9.82. The molecule has 0 amide bonds. The monoisotopic (exact) mass is 273 g/mol. The van der Waals surface area contributed by atoms with E-state index in [0.29, 0.717) is 5.92 Å². The molecule has 4 rings (SSSR count). The summed E-state index contributed by atoms with van der Waals surface area (Å²) in [6.45, 7) is 3.53. The summed E-state index contributed by atoms with van der Waals surface area (Å²) in [5, 5.41) is 11.5. The Bertz CT molecular complexity index is 498. The Labute approximate surface area is 120 Å². The van der Waals surface area contributed by atoms with Crippen molar-refractivity contribution in [1.82, 2.24) is 4.90 Å². The number of morpholine rings is 1. The Morgan fingerprint density at radius 3 is 2.70 bits per heavy atom. The quantitative estimate of drug-likeness (QED) is 0.852. The molecule has 2 fully saturated rings. The number of benzene rings is 1. The molecular formula is C17H23NO2. The van der Waals surface area contributed by atoms with Crippen molar-refractivity contribution in [2.45, 2.75) is 43.2 Å². The van der Waals surface area contributed by atoms with Gasteiger partial charge in [0.05, 0.1) is 13.2 Å². The molecule has 3 nitrogen and oxygen atoms in total. The van der Waals surface area contributed by atoms with Crippen LogP contribution in [-0.4, -0.2) is 42.4 Å². The molecule has 1 heterocycles. The molecule has 1 N–H and O–H groups in total. The van der Waals surface area contributed by atoms with E-state index in [0.717, 1.165) is 39.1 Å². The van der Waals surface area contributed by atoms with Crippen molar-refractivity contribution < 1.29 is 9.84 Å². The summed E-state index contributed by atoms with van der Waals surface area (Å²) in [6, 6.07) is 8.77. The Kier molecular flexibility index (Phi) is 3.09. The van der Waals surface area contributed by atoms with Crippen LogP contribution in [0, 0.1) is 0 Å². The molecular weight excluding hydrogens is 250 g/mol. The molecule has 3 aliphatic rings. The molecule has 1 saturated carbocycles. The van der Waals surface area contributed by atoms with Crippen LogP contribution >= 0.6 is 0 Å². The maximum atomic E-state index is 11.5. The van der Waals surface area contributed by atoms with E-state index in [4.69, 9.17) is 4.74 Å². The molecule has 1 aromatic carbocycles. The summed E-state index contributed by atoms with van der Waals surface area (Å²) >= 11 is 0. The molecule has 1 saturated heterocycles. The SMILES string of the molecule is O[C@]12c3ccccc3[C@@H]1CCCC[C@H]2N1CCOCC1. The van der Waals surface area contributed by atoms with E-state index >= 15 is 0 Å². The second-order valence-electron chi connectivity index (χ2n) is 6.41. The van der Waals surface area contributed by atoms with Gasteiger partial charge in [-0.15, -0.1) is 0 Å². The second kappa shape index (κ2) is 4.83. The molecule has 20 heavy (non-hydrogen) atoms. The van der Waals surface area contributed by atoms with Gasteiger partial charge in [-0.25, -0.2) is 0 Å².